The Morgan fingerprint density at radius 1 is 1.45 bits per heavy atom. The van der Waals surface area contributed by atoms with Gasteiger partial charge in [-0.25, -0.2) is 0 Å². The van der Waals surface area contributed by atoms with E-state index in [2.05, 4.69) is 5.32 Å². The molecule has 2 N–H and O–H groups in total. The lowest BCUT2D eigenvalue weighted by atomic mass is 9.82. The van der Waals surface area contributed by atoms with E-state index in [0.29, 0.717) is 19.4 Å². The molecule has 7 heteroatoms. The van der Waals surface area contributed by atoms with Gasteiger partial charge in [0, 0.05) is 13.1 Å². The molecule has 120 valence electrons. The number of furan rings is 1. The quantitative estimate of drug-likeness (QED) is 0.868. The maximum absolute atomic E-state index is 12.4. The summed E-state index contributed by atoms with van der Waals surface area (Å²) in [5.41, 5.74) is -0.932. The zero-order valence-electron chi connectivity index (χ0n) is 12.7. The van der Waals surface area contributed by atoms with Crippen molar-refractivity contribution in [1.29, 1.82) is 0 Å². The van der Waals surface area contributed by atoms with Crippen LogP contribution in [0.2, 0.25) is 0 Å². The number of likely N-dealkylation sites (tertiary alicyclic amines) is 1. The normalized spacial score (nSPS) is 22.9. The molecular formula is C15H20N2O5. The van der Waals surface area contributed by atoms with Crippen LogP contribution in [0.5, 0.6) is 0 Å². The minimum absolute atomic E-state index is 0.133. The number of carbonyl (C=O) groups excluding carboxylic acids is 2. The van der Waals surface area contributed by atoms with Crippen molar-refractivity contribution >= 4 is 17.8 Å². The van der Waals surface area contributed by atoms with Crippen LogP contribution < -0.4 is 5.32 Å². The highest BCUT2D eigenvalue weighted by Gasteiger charge is 2.40. The second kappa shape index (κ2) is 6.21. The van der Waals surface area contributed by atoms with Crippen molar-refractivity contribution in [2.24, 2.45) is 5.41 Å². The Labute approximate surface area is 128 Å². The molecule has 1 aliphatic rings. The molecule has 0 saturated carbocycles. The average Bonchev–Trinajstić information content (AvgIpc) is 3.00. The highest BCUT2D eigenvalue weighted by atomic mass is 16.4. The SMILES string of the molecule is CC(NC(=O)c1ccco1)C(=O)N1CCCC(C)(C(=O)O)C1. The van der Waals surface area contributed by atoms with E-state index < -0.39 is 23.3 Å². The molecule has 0 aliphatic carbocycles. The van der Waals surface area contributed by atoms with Gasteiger partial charge in [0.1, 0.15) is 6.04 Å². The molecule has 0 radical (unpaired) electrons. The first-order valence-corrected chi connectivity index (χ1v) is 7.20. The predicted molar refractivity (Wildman–Crippen MR) is 77.2 cm³/mol. The third-order valence-corrected chi connectivity index (χ3v) is 3.99. The van der Waals surface area contributed by atoms with E-state index in [0.717, 1.165) is 0 Å². The number of aliphatic carboxylic acids is 1. The molecule has 1 aliphatic heterocycles. The first-order chi connectivity index (χ1) is 10.3. The molecule has 2 atom stereocenters. The summed E-state index contributed by atoms with van der Waals surface area (Å²) in [5.74, 6) is -1.53. The molecule has 0 aromatic carbocycles. The van der Waals surface area contributed by atoms with Gasteiger partial charge in [-0.15, -0.1) is 0 Å². The van der Waals surface area contributed by atoms with E-state index in [-0.39, 0.29) is 18.2 Å². The van der Waals surface area contributed by atoms with E-state index in [1.54, 1.807) is 19.9 Å². The molecule has 2 rings (SSSR count). The molecule has 0 bridgehead atoms. The number of nitrogens with one attached hydrogen (secondary N) is 1. The van der Waals surface area contributed by atoms with Crippen molar-refractivity contribution in [3.8, 4) is 0 Å². The summed E-state index contributed by atoms with van der Waals surface area (Å²) in [6.45, 7) is 3.88. The minimum Gasteiger partial charge on any atom is -0.481 e. The van der Waals surface area contributed by atoms with Gasteiger partial charge >= 0.3 is 5.97 Å². The van der Waals surface area contributed by atoms with Crippen molar-refractivity contribution in [2.75, 3.05) is 13.1 Å². The second-order valence-electron chi connectivity index (χ2n) is 5.90. The zero-order chi connectivity index (χ0) is 16.3. The standard InChI is InChI=1S/C15H20N2O5/c1-10(16-12(18)11-5-3-8-22-11)13(19)17-7-4-6-15(2,9-17)14(20)21/h3,5,8,10H,4,6-7,9H2,1-2H3,(H,16,18)(H,20,21). The summed E-state index contributed by atoms with van der Waals surface area (Å²) in [7, 11) is 0. The minimum atomic E-state index is -0.932. The van der Waals surface area contributed by atoms with Crippen LogP contribution in [-0.2, 0) is 9.59 Å². The van der Waals surface area contributed by atoms with Gasteiger partial charge in [0.25, 0.3) is 5.91 Å². The maximum Gasteiger partial charge on any atom is 0.311 e. The summed E-state index contributed by atoms with van der Waals surface area (Å²) in [5, 5.41) is 11.9. The van der Waals surface area contributed by atoms with E-state index in [1.807, 2.05) is 0 Å². The van der Waals surface area contributed by atoms with Crippen molar-refractivity contribution in [3.63, 3.8) is 0 Å². The molecular weight excluding hydrogens is 288 g/mol. The number of rotatable bonds is 4. The molecule has 1 fully saturated rings. The number of piperidine rings is 1. The predicted octanol–water partition coefficient (Wildman–Crippen LogP) is 1.11. The fourth-order valence-corrected chi connectivity index (χ4v) is 2.61. The van der Waals surface area contributed by atoms with Crippen molar-refractivity contribution < 1.29 is 23.9 Å². The number of hydrogen-bond donors (Lipinski definition) is 2. The van der Waals surface area contributed by atoms with E-state index in [9.17, 15) is 19.5 Å². The van der Waals surface area contributed by atoms with Gasteiger partial charge in [-0.2, -0.15) is 0 Å². The van der Waals surface area contributed by atoms with Crippen LogP contribution in [0.4, 0.5) is 0 Å². The Morgan fingerprint density at radius 2 is 2.18 bits per heavy atom. The Hall–Kier alpha value is -2.31. The van der Waals surface area contributed by atoms with Crippen molar-refractivity contribution in [3.05, 3.63) is 24.2 Å². The Bertz CT molecular complexity index is 568. The number of carboxylic acids is 1. The van der Waals surface area contributed by atoms with Crippen LogP contribution in [0.15, 0.2) is 22.8 Å². The lowest BCUT2D eigenvalue weighted by Gasteiger charge is -2.38. The number of hydrogen-bond acceptors (Lipinski definition) is 4. The number of carbonyl (C=O) groups is 3. The van der Waals surface area contributed by atoms with Crippen LogP contribution in [-0.4, -0.2) is 46.9 Å². The molecule has 1 aromatic heterocycles. The molecule has 0 spiro atoms. The average molecular weight is 308 g/mol. The van der Waals surface area contributed by atoms with Gasteiger partial charge in [-0.3, -0.25) is 14.4 Å². The summed E-state index contributed by atoms with van der Waals surface area (Å²) in [6, 6.07) is 2.35. The maximum atomic E-state index is 12.4. The molecule has 2 unspecified atom stereocenters. The fourth-order valence-electron chi connectivity index (χ4n) is 2.61. The van der Waals surface area contributed by atoms with Gasteiger partial charge in [0.15, 0.2) is 5.76 Å². The lowest BCUT2D eigenvalue weighted by molar-refractivity contribution is -0.153. The Kier molecular flexibility index (Phi) is 4.54. The molecule has 7 nitrogen and oxygen atoms in total. The summed E-state index contributed by atoms with van der Waals surface area (Å²) >= 11 is 0. The van der Waals surface area contributed by atoms with Crippen LogP contribution in [0.3, 0.4) is 0 Å². The summed E-state index contributed by atoms with van der Waals surface area (Å²) in [6.07, 6.45) is 2.55. The third-order valence-electron chi connectivity index (χ3n) is 3.99. The first-order valence-electron chi connectivity index (χ1n) is 7.20. The summed E-state index contributed by atoms with van der Waals surface area (Å²) in [4.78, 5) is 37.1. The van der Waals surface area contributed by atoms with Gasteiger partial charge in [0.05, 0.1) is 11.7 Å². The highest BCUT2D eigenvalue weighted by Crippen LogP contribution is 2.29. The van der Waals surface area contributed by atoms with Crippen molar-refractivity contribution in [1.82, 2.24) is 10.2 Å². The Morgan fingerprint density at radius 3 is 2.77 bits per heavy atom. The van der Waals surface area contributed by atoms with Crippen LogP contribution in [0.1, 0.15) is 37.2 Å². The monoisotopic (exact) mass is 308 g/mol. The Balaban J connectivity index is 1.98. The van der Waals surface area contributed by atoms with E-state index in [4.69, 9.17) is 4.42 Å². The van der Waals surface area contributed by atoms with Crippen LogP contribution in [0, 0.1) is 5.41 Å². The lowest BCUT2D eigenvalue weighted by Crippen LogP contribution is -2.53. The van der Waals surface area contributed by atoms with Crippen LogP contribution in [0.25, 0.3) is 0 Å². The van der Waals surface area contributed by atoms with Gasteiger partial charge < -0.3 is 19.7 Å². The van der Waals surface area contributed by atoms with E-state index in [1.165, 1.54) is 17.2 Å². The highest BCUT2D eigenvalue weighted by molar-refractivity contribution is 5.95. The molecule has 1 aromatic rings. The van der Waals surface area contributed by atoms with Crippen LogP contribution >= 0.6 is 0 Å². The molecule has 22 heavy (non-hydrogen) atoms. The molecule has 2 amide bonds. The zero-order valence-corrected chi connectivity index (χ0v) is 12.7. The van der Waals surface area contributed by atoms with Gasteiger partial charge in [0.2, 0.25) is 5.91 Å². The fraction of sp³-hybridized carbons (Fsp3) is 0.533. The van der Waals surface area contributed by atoms with Crippen molar-refractivity contribution in [2.45, 2.75) is 32.7 Å². The topological polar surface area (TPSA) is 99.9 Å². The summed E-state index contributed by atoms with van der Waals surface area (Å²) < 4.78 is 4.97. The number of carboxylic acid groups (broad SMARTS) is 1. The number of nitrogens with zero attached hydrogens (tertiary/aromatic N) is 1. The first kappa shape index (κ1) is 16.1. The third kappa shape index (κ3) is 3.29. The molecule has 2 heterocycles. The molecule has 1 saturated heterocycles. The number of amides is 2. The largest absolute Gasteiger partial charge is 0.481 e. The van der Waals surface area contributed by atoms with Gasteiger partial charge in [-0.1, -0.05) is 0 Å². The second-order valence-corrected chi connectivity index (χ2v) is 5.90. The smallest absolute Gasteiger partial charge is 0.311 e. The van der Waals surface area contributed by atoms with E-state index >= 15 is 0 Å². The van der Waals surface area contributed by atoms with Gasteiger partial charge in [-0.05, 0) is 38.8 Å².